The SMILES string of the molecule is COc1ccc(Cl)c(N2Cc3cccc(N)c3C2)c1. The van der Waals surface area contributed by atoms with Gasteiger partial charge in [-0.3, -0.25) is 0 Å². The molecule has 3 rings (SSSR count). The van der Waals surface area contributed by atoms with E-state index in [4.69, 9.17) is 22.1 Å². The van der Waals surface area contributed by atoms with E-state index < -0.39 is 0 Å². The third-order valence-electron chi connectivity index (χ3n) is 3.51. The van der Waals surface area contributed by atoms with E-state index in [1.54, 1.807) is 7.11 Å². The molecule has 2 aromatic rings. The molecule has 0 amide bonds. The lowest BCUT2D eigenvalue weighted by molar-refractivity contribution is 0.415. The van der Waals surface area contributed by atoms with Gasteiger partial charge in [0, 0.05) is 24.8 Å². The molecule has 0 unspecified atom stereocenters. The van der Waals surface area contributed by atoms with E-state index in [1.807, 2.05) is 30.3 Å². The van der Waals surface area contributed by atoms with Crippen molar-refractivity contribution in [1.29, 1.82) is 0 Å². The van der Waals surface area contributed by atoms with Crippen LogP contribution in [-0.4, -0.2) is 7.11 Å². The third-order valence-corrected chi connectivity index (χ3v) is 3.83. The minimum Gasteiger partial charge on any atom is -0.497 e. The summed E-state index contributed by atoms with van der Waals surface area (Å²) in [5, 5.41) is 0.729. The molecule has 19 heavy (non-hydrogen) atoms. The predicted octanol–water partition coefficient (Wildman–Crippen LogP) is 3.45. The van der Waals surface area contributed by atoms with Gasteiger partial charge in [-0.25, -0.2) is 0 Å². The van der Waals surface area contributed by atoms with Crippen molar-refractivity contribution in [3.8, 4) is 5.75 Å². The van der Waals surface area contributed by atoms with Gasteiger partial charge in [0.05, 0.1) is 17.8 Å². The maximum atomic E-state index is 6.29. The summed E-state index contributed by atoms with van der Waals surface area (Å²) in [5.41, 5.74) is 10.3. The Bertz CT molecular complexity index is 628. The van der Waals surface area contributed by atoms with Crippen molar-refractivity contribution >= 4 is 23.0 Å². The van der Waals surface area contributed by atoms with Crippen molar-refractivity contribution in [2.45, 2.75) is 13.1 Å². The molecular weight excluding hydrogens is 260 g/mol. The second-order valence-corrected chi connectivity index (χ2v) is 5.07. The van der Waals surface area contributed by atoms with Crippen molar-refractivity contribution in [1.82, 2.24) is 0 Å². The molecule has 1 aliphatic rings. The van der Waals surface area contributed by atoms with Crippen LogP contribution in [0.4, 0.5) is 11.4 Å². The maximum absolute atomic E-state index is 6.29. The molecular formula is C15H15ClN2O. The van der Waals surface area contributed by atoms with E-state index >= 15 is 0 Å². The van der Waals surface area contributed by atoms with Gasteiger partial charge in [0.2, 0.25) is 0 Å². The van der Waals surface area contributed by atoms with Crippen LogP contribution in [0.2, 0.25) is 5.02 Å². The summed E-state index contributed by atoms with van der Waals surface area (Å²) >= 11 is 6.29. The van der Waals surface area contributed by atoms with Gasteiger partial charge < -0.3 is 15.4 Å². The summed E-state index contributed by atoms with van der Waals surface area (Å²) < 4.78 is 5.26. The fraction of sp³-hybridized carbons (Fsp3) is 0.200. The third kappa shape index (κ3) is 2.10. The Morgan fingerprint density at radius 1 is 1.21 bits per heavy atom. The highest BCUT2D eigenvalue weighted by atomic mass is 35.5. The summed E-state index contributed by atoms with van der Waals surface area (Å²) in [6.07, 6.45) is 0. The number of nitrogens with zero attached hydrogens (tertiary/aromatic N) is 1. The zero-order valence-corrected chi connectivity index (χ0v) is 11.4. The molecule has 3 nitrogen and oxygen atoms in total. The highest BCUT2D eigenvalue weighted by molar-refractivity contribution is 6.33. The van der Waals surface area contributed by atoms with Crippen molar-refractivity contribution in [3.05, 3.63) is 52.5 Å². The molecule has 2 N–H and O–H groups in total. The highest BCUT2D eigenvalue weighted by Gasteiger charge is 2.22. The van der Waals surface area contributed by atoms with Gasteiger partial charge in [0.25, 0.3) is 0 Å². The lowest BCUT2D eigenvalue weighted by atomic mass is 10.1. The molecule has 0 aromatic heterocycles. The number of nitrogen functional groups attached to an aromatic ring is 1. The van der Waals surface area contributed by atoms with Crippen LogP contribution in [0.25, 0.3) is 0 Å². The van der Waals surface area contributed by atoms with Crippen molar-refractivity contribution in [3.63, 3.8) is 0 Å². The number of fused-ring (bicyclic) bond motifs is 1. The molecule has 98 valence electrons. The van der Waals surface area contributed by atoms with Crippen LogP contribution in [0.5, 0.6) is 5.75 Å². The number of methoxy groups -OCH3 is 1. The first kappa shape index (κ1) is 12.2. The standard InChI is InChI=1S/C15H15ClN2O/c1-19-11-5-6-13(16)15(7-11)18-8-10-3-2-4-14(17)12(10)9-18/h2-7H,8-9,17H2,1H3. The zero-order valence-electron chi connectivity index (χ0n) is 10.7. The van der Waals surface area contributed by atoms with E-state index in [2.05, 4.69) is 11.0 Å². The Morgan fingerprint density at radius 3 is 2.79 bits per heavy atom. The lowest BCUT2D eigenvalue weighted by Gasteiger charge is -2.20. The second-order valence-electron chi connectivity index (χ2n) is 4.66. The summed E-state index contributed by atoms with van der Waals surface area (Å²) in [6, 6.07) is 11.7. The van der Waals surface area contributed by atoms with Crippen LogP contribution in [0.15, 0.2) is 36.4 Å². The molecule has 0 aliphatic carbocycles. The molecule has 0 saturated heterocycles. The molecule has 0 fully saturated rings. The van der Waals surface area contributed by atoms with Crippen molar-refractivity contribution in [2.75, 3.05) is 17.7 Å². The van der Waals surface area contributed by atoms with Crippen molar-refractivity contribution in [2.24, 2.45) is 0 Å². The number of nitrogens with two attached hydrogens (primary N) is 1. The zero-order chi connectivity index (χ0) is 13.4. The predicted molar refractivity (Wildman–Crippen MR) is 78.7 cm³/mol. The Hall–Kier alpha value is -1.87. The number of benzene rings is 2. The van der Waals surface area contributed by atoms with E-state index in [9.17, 15) is 0 Å². The Morgan fingerprint density at radius 2 is 2.05 bits per heavy atom. The van der Waals surface area contributed by atoms with Crippen LogP contribution >= 0.6 is 11.6 Å². The van der Waals surface area contributed by atoms with Gasteiger partial charge in [-0.05, 0) is 29.3 Å². The fourth-order valence-electron chi connectivity index (χ4n) is 2.48. The Kier molecular flexibility index (Phi) is 2.99. The topological polar surface area (TPSA) is 38.5 Å². The molecule has 0 radical (unpaired) electrons. The normalized spacial score (nSPS) is 13.5. The number of rotatable bonds is 2. The van der Waals surface area contributed by atoms with Crippen LogP contribution < -0.4 is 15.4 Å². The van der Waals surface area contributed by atoms with Crippen LogP contribution in [0.1, 0.15) is 11.1 Å². The number of anilines is 2. The maximum Gasteiger partial charge on any atom is 0.121 e. The van der Waals surface area contributed by atoms with E-state index in [0.29, 0.717) is 0 Å². The first-order valence-electron chi connectivity index (χ1n) is 6.14. The van der Waals surface area contributed by atoms with E-state index in [-0.39, 0.29) is 0 Å². The van der Waals surface area contributed by atoms with Crippen molar-refractivity contribution < 1.29 is 4.74 Å². The van der Waals surface area contributed by atoms with Crippen LogP contribution in [0.3, 0.4) is 0 Å². The average Bonchev–Trinajstić information content (AvgIpc) is 2.84. The second kappa shape index (κ2) is 4.67. The van der Waals surface area contributed by atoms with Gasteiger partial charge >= 0.3 is 0 Å². The van der Waals surface area contributed by atoms with Gasteiger partial charge in [-0.15, -0.1) is 0 Å². The van der Waals surface area contributed by atoms with Gasteiger partial charge in [0.1, 0.15) is 5.75 Å². The molecule has 1 heterocycles. The first-order valence-corrected chi connectivity index (χ1v) is 6.51. The van der Waals surface area contributed by atoms with Gasteiger partial charge in [-0.2, -0.15) is 0 Å². The monoisotopic (exact) mass is 274 g/mol. The molecule has 0 atom stereocenters. The number of halogens is 1. The van der Waals surface area contributed by atoms with E-state index in [1.165, 1.54) is 11.1 Å². The summed E-state index contributed by atoms with van der Waals surface area (Å²) in [4.78, 5) is 2.21. The Balaban J connectivity index is 1.96. The molecule has 0 bridgehead atoms. The van der Waals surface area contributed by atoms with Gasteiger partial charge in [-0.1, -0.05) is 23.7 Å². The number of ether oxygens (including phenoxy) is 1. The minimum absolute atomic E-state index is 0.729. The lowest BCUT2D eigenvalue weighted by Crippen LogP contribution is -2.15. The molecule has 1 aliphatic heterocycles. The number of hydrogen-bond donors (Lipinski definition) is 1. The first-order chi connectivity index (χ1) is 9.19. The van der Waals surface area contributed by atoms with Crippen LogP contribution in [0, 0.1) is 0 Å². The summed E-state index contributed by atoms with van der Waals surface area (Å²) in [7, 11) is 1.66. The molecule has 4 heteroatoms. The molecule has 2 aromatic carbocycles. The number of hydrogen-bond acceptors (Lipinski definition) is 3. The minimum atomic E-state index is 0.729. The molecule has 0 saturated carbocycles. The largest absolute Gasteiger partial charge is 0.497 e. The van der Waals surface area contributed by atoms with Gasteiger partial charge in [0.15, 0.2) is 0 Å². The fourth-order valence-corrected chi connectivity index (χ4v) is 2.72. The quantitative estimate of drug-likeness (QED) is 0.853. The smallest absolute Gasteiger partial charge is 0.121 e. The van der Waals surface area contributed by atoms with E-state index in [0.717, 1.165) is 35.2 Å². The van der Waals surface area contributed by atoms with Crippen LogP contribution in [-0.2, 0) is 13.1 Å². The molecule has 0 spiro atoms. The average molecular weight is 275 g/mol. The Labute approximate surface area is 117 Å². The summed E-state index contributed by atoms with van der Waals surface area (Å²) in [5.74, 6) is 0.809. The summed E-state index contributed by atoms with van der Waals surface area (Å²) in [6.45, 7) is 1.61. The highest BCUT2D eigenvalue weighted by Crippen LogP contribution is 2.37.